The van der Waals surface area contributed by atoms with E-state index >= 15 is 0 Å². The fourth-order valence-electron chi connectivity index (χ4n) is 2.51. The Labute approximate surface area is 154 Å². The third-order valence-corrected chi connectivity index (χ3v) is 4.64. The Hall–Kier alpha value is -1.82. The summed E-state index contributed by atoms with van der Waals surface area (Å²) in [5.41, 5.74) is 2.03. The summed E-state index contributed by atoms with van der Waals surface area (Å²) in [6.45, 7) is 8.50. The molecule has 1 heterocycles. The third kappa shape index (κ3) is 6.90. The average molecular weight is 362 g/mol. The largest absolute Gasteiger partial charge is 0.411 e. The van der Waals surface area contributed by atoms with Gasteiger partial charge in [-0.3, -0.25) is 4.79 Å². The molecule has 0 aliphatic carbocycles. The van der Waals surface area contributed by atoms with E-state index in [0.29, 0.717) is 17.0 Å². The van der Waals surface area contributed by atoms with E-state index in [1.54, 1.807) is 0 Å². The Morgan fingerprint density at radius 2 is 2.04 bits per heavy atom. The summed E-state index contributed by atoms with van der Waals surface area (Å²) >= 11 is 1.27. The van der Waals surface area contributed by atoms with E-state index in [1.807, 2.05) is 38.1 Å². The lowest BCUT2D eigenvalue weighted by Gasteiger charge is -2.14. The highest BCUT2D eigenvalue weighted by Crippen LogP contribution is 2.23. The van der Waals surface area contributed by atoms with Gasteiger partial charge < -0.3 is 9.73 Å². The number of benzene rings is 1. The molecule has 1 atom stereocenters. The number of thioether (sulfide) groups is 1. The van der Waals surface area contributed by atoms with Gasteiger partial charge in [0, 0.05) is 11.6 Å². The first-order valence-electron chi connectivity index (χ1n) is 8.76. The second-order valence-electron chi connectivity index (χ2n) is 6.82. The summed E-state index contributed by atoms with van der Waals surface area (Å²) in [5, 5.41) is 11.5. The van der Waals surface area contributed by atoms with Gasteiger partial charge in [-0.15, -0.1) is 10.2 Å². The standard InChI is InChI=1S/C19H27N3O2S/c1-13(2)7-5-9-15(4)20-17(23)12-25-19-22-21-18(24-19)16-10-6-8-14(3)11-16/h6,8,10-11,13,15H,5,7,9,12H2,1-4H3,(H,20,23)/t15-/m0/s1. The molecule has 0 spiro atoms. The van der Waals surface area contributed by atoms with Gasteiger partial charge >= 0.3 is 0 Å². The number of hydrogen-bond donors (Lipinski definition) is 1. The number of amides is 1. The van der Waals surface area contributed by atoms with Crippen LogP contribution in [0, 0.1) is 12.8 Å². The Kier molecular flexibility index (Phi) is 7.50. The number of rotatable bonds is 9. The highest BCUT2D eigenvalue weighted by Gasteiger charge is 2.13. The van der Waals surface area contributed by atoms with E-state index in [0.717, 1.165) is 24.0 Å². The minimum Gasteiger partial charge on any atom is -0.411 e. The lowest BCUT2D eigenvalue weighted by molar-refractivity contribution is -0.119. The van der Waals surface area contributed by atoms with Crippen LogP contribution < -0.4 is 5.32 Å². The molecule has 0 bridgehead atoms. The van der Waals surface area contributed by atoms with Crippen molar-refractivity contribution in [1.29, 1.82) is 0 Å². The number of nitrogens with zero attached hydrogens (tertiary/aromatic N) is 2. The van der Waals surface area contributed by atoms with Gasteiger partial charge in [-0.1, -0.05) is 56.1 Å². The highest BCUT2D eigenvalue weighted by atomic mass is 32.2. The lowest BCUT2D eigenvalue weighted by atomic mass is 10.0. The monoisotopic (exact) mass is 361 g/mol. The summed E-state index contributed by atoms with van der Waals surface area (Å²) in [6.07, 6.45) is 3.33. The van der Waals surface area contributed by atoms with Gasteiger partial charge in [0.1, 0.15) is 0 Å². The van der Waals surface area contributed by atoms with Crippen molar-refractivity contribution in [1.82, 2.24) is 15.5 Å². The molecule has 0 saturated carbocycles. The molecule has 1 N–H and O–H groups in total. The van der Waals surface area contributed by atoms with Crippen molar-refractivity contribution in [2.45, 2.75) is 58.2 Å². The molecule has 0 fully saturated rings. The maximum atomic E-state index is 12.0. The predicted molar refractivity (Wildman–Crippen MR) is 101 cm³/mol. The van der Waals surface area contributed by atoms with Gasteiger partial charge in [0.25, 0.3) is 5.22 Å². The number of nitrogens with one attached hydrogen (secondary N) is 1. The molecule has 2 rings (SSSR count). The van der Waals surface area contributed by atoms with Crippen LogP contribution in [0.4, 0.5) is 0 Å². The first-order valence-corrected chi connectivity index (χ1v) is 9.75. The molecular weight excluding hydrogens is 334 g/mol. The number of aromatic nitrogens is 2. The van der Waals surface area contributed by atoms with Crippen LogP contribution in [0.1, 0.15) is 45.6 Å². The quantitative estimate of drug-likeness (QED) is 0.668. The van der Waals surface area contributed by atoms with Crippen LogP contribution in [0.15, 0.2) is 33.9 Å². The van der Waals surface area contributed by atoms with E-state index in [-0.39, 0.29) is 17.7 Å². The normalized spacial score (nSPS) is 12.4. The van der Waals surface area contributed by atoms with E-state index in [2.05, 4.69) is 29.4 Å². The molecule has 0 aliphatic rings. The van der Waals surface area contributed by atoms with Gasteiger partial charge in [-0.25, -0.2) is 0 Å². The third-order valence-electron chi connectivity index (χ3n) is 3.82. The Morgan fingerprint density at radius 3 is 2.76 bits per heavy atom. The molecule has 2 aromatic rings. The minimum absolute atomic E-state index is 0.00245. The second-order valence-corrected chi connectivity index (χ2v) is 7.75. The van der Waals surface area contributed by atoms with Crippen LogP contribution in [-0.4, -0.2) is 27.9 Å². The van der Waals surface area contributed by atoms with Gasteiger partial charge in [-0.2, -0.15) is 0 Å². The van der Waals surface area contributed by atoms with E-state index < -0.39 is 0 Å². The fourth-order valence-corrected chi connectivity index (χ4v) is 3.09. The van der Waals surface area contributed by atoms with Crippen LogP contribution in [0.25, 0.3) is 11.5 Å². The highest BCUT2D eigenvalue weighted by molar-refractivity contribution is 7.99. The minimum atomic E-state index is -0.00245. The number of carbonyl (C=O) groups is 1. The molecule has 5 nitrogen and oxygen atoms in total. The fraction of sp³-hybridized carbons (Fsp3) is 0.526. The SMILES string of the molecule is Cc1cccc(-c2nnc(SCC(=O)N[C@@H](C)CCCC(C)C)o2)c1. The number of aryl methyl sites for hydroxylation is 1. The van der Waals surface area contributed by atoms with Crippen molar-refractivity contribution in [2.75, 3.05) is 5.75 Å². The Bertz CT molecular complexity index is 685. The zero-order chi connectivity index (χ0) is 18.2. The smallest absolute Gasteiger partial charge is 0.277 e. The summed E-state index contributed by atoms with van der Waals surface area (Å²) < 4.78 is 5.63. The molecule has 0 radical (unpaired) electrons. The predicted octanol–water partition coefficient (Wildman–Crippen LogP) is 4.47. The van der Waals surface area contributed by atoms with Crippen molar-refractivity contribution in [2.24, 2.45) is 5.92 Å². The topological polar surface area (TPSA) is 68.0 Å². The first kappa shape index (κ1) is 19.5. The summed E-state index contributed by atoms with van der Waals surface area (Å²) in [6, 6.07) is 8.09. The summed E-state index contributed by atoms with van der Waals surface area (Å²) in [4.78, 5) is 12.0. The second kappa shape index (κ2) is 9.61. The van der Waals surface area contributed by atoms with Crippen LogP contribution >= 0.6 is 11.8 Å². The van der Waals surface area contributed by atoms with Crippen molar-refractivity contribution >= 4 is 17.7 Å². The maximum absolute atomic E-state index is 12.0. The average Bonchev–Trinajstić information content (AvgIpc) is 3.01. The maximum Gasteiger partial charge on any atom is 0.277 e. The van der Waals surface area contributed by atoms with E-state index in [1.165, 1.54) is 18.2 Å². The van der Waals surface area contributed by atoms with Crippen molar-refractivity contribution in [3.05, 3.63) is 29.8 Å². The zero-order valence-corrected chi connectivity index (χ0v) is 16.2. The Morgan fingerprint density at radius 1 is 1.24 bits per heavy atom. The molecule has 6 heteroatoms. The van der Waals surface area contributed by atoms with Gasteiger partial charge in [0.15, 0.2) is 0 Å². The van der Waals surface area contributed by atoms with Crippen molar-refractivity contribution in [3.63, 3.8) is 0 Å². The number of carbonyl (C=O) groups excluding carboxylic acids is 1. The van der Waals surface area contributed by atoms with Crippen LogP contribution in [0.3, 0.4) is 0 Å². The summed E-state index contributed by atoms with van der Waals surface area (Å²) in [7, 11) is 0. The molecule has 0 aliphatic heterocycles. The molecule has 0 saturated heterocycles. The molecule has 136 valence electrons. The van der Waals surface area contributed by atoms with Gasteiger partial charge in [0.05, 0.1) is 5.75 Å². The van der Waals surface area contributed by atoms with Crippen molar-refractivity contribution < 1.29 is 9.21 Å². The summed E-state index contributed by atoms with van der Waals surface area (Å²) in [5.74, 6) is 1.47. The molecule has 1 amide bonds. The molecule has 1 aromatic carbocycles. The lowest BCUT2D eigenvalue weighted by Crippen LogP contribution is -2.33. The van der Waals surface area contributed by atoms with Crippen LogP contribution in [-0.2, 0) is 4.79 Å². The zero-order valence-electron chi connectivity index (χ0n) is 15.4. The van der Waals surface area contributed by atoms with Crippen molar-refractivity contribution in [3.8, 4) is 11.5 Å². The van der Waals surface area contributed by atoms with Gasteiger partial charge in [0.2, 0.25) is 11.8 Å². The molecule has 0 unspecified atom stereocenters. The van der Waals surface area contributed by atoms with E-state index in [9.17, 15) is 4.79 Å². The van der Waals surface area contributed by atoms with Crippen LogP contribution in [0.5, 0.6) is 0 Å². The van der Waals surface area contributed by atoms with Gasteiger partial charge in [-0.05, 0) is 38.3 Å². The van der Waals surface area contributed by atoms with E-state index in [4.69, 9.17) is 4.42 Å². The molecule has 1 aromatic heterocycles. The Balaban J connectivity index is 1.77. The number of hydrogen-bond acceptors (Lipinski definition) is 5. The first-order chi connectivity index (χ1) is 11.9. The molecular formula is C19H27N3O2S. The molecule has 25 heavy (non-hydrogen) atoms. The van der Waals surface area contributed by atoms with Crippen LogP contribution in [0.2, 0.25) is 0 Å².